The van der Waals surface area contributed by atoms with E-state index >= 15 is 0 Å². The Hall–Kier alpha value is -2.76. The number of amides is 1. The molecule has 0 fully saturated rings. The number of hydrogen-bond donors (Lipinski definition) is 2. The highest BCUT2D eigenvalue weighted by atomic mass is 19.1. The Morgan fingerprint density at radius 2 is 1.88 bits per heavy atom. The summed E-state index contributed by atoms with van der Waals surface area (Å²) in [6.45, 7) is 5.13. The first-order chi connectivity index (χ1) is 12.0. The van der Waals surface area contributed by atoms with Gasteiger partial charge in [0.15, 0.2) is 11.6 Å². The Morgan fingerprint density at radius 1 is 1.12 bits per heavy atom. The third-order valence-corrected chi connectivity index (χ3v) is 3.18. The van der Waals surface area contributed by atoms with Crippen LogP contribution in [0.25, 0.3) is 0 Å². The zero-order valence-corrected chi connectivity index (χ0v) is 14.4. The molecule has 2 aromatic rings. The van der Waals surface area contributed by atoms with E-state index in [1.807, 2.05) is 26.0 Å². The van der Waals surface area contributed by atoms with E-state index in [0.29, 0.717) is 25.4 Å². The quantitative estimate of drug-likeness (QED) is 0.690. The minimum atomic E-state index is -0.478. The lowest BCUT2D eigenvalue weighted by Crippen LogP contribution is -2.17. The van der Waals surface area contributed by atoms with Gasteiger partial charge in [-0.3, -0.25) is 5.32 Å². The third-order valence-electron chi connectivity index (χ3n) is 3.18. The van der Waals surface area contributed by atoms with Crippen molar-refractivity contribution in [3.8, 4) is 5.75 Å². The Bertz CT molecular complexity index is 692. The van der Waals surface area contributed by atoms with Crippen LogP contribution in [0.1, 0.15) is 13.8 Å². The molecule has 0 aliphatic rings. The largest absolute Gasteiger partial charge is 0.489 e. The van der Waals surface area contributed by atoms with Crippen LogP contribution >= 0.6 is 0 Å². The van der Waals surface area contributed by atoms with Crippen molar-refractivity contribution < 1.29 is 18.7 Å². The average Bonchev–Trinajstić information content (AvgIpc) is 2.59. The monoisotopic (exact) mass is 346 g/mol. The summed E-state index contributed by atoms with van der Waals surface area (Å²) in [4.78, 5) is 11.7. The minimum Gasteiger partial charge on any atom is -0.489 e. The van der Waals surface area contributed by atoms with Crippen molar-refractivity contribution >= 4 is 17.5 Å². The molecule has 6 heteroatoms. The molecular weight excluding hydrogens is 323 g/mol. The number of para-hydroxylation sites is 1. The van der Waals surface area contributed by atoms with Crippen LogP contribution in [0.3, 0.4) is 0 Å². The van der Waals surface area contributed by atoms with Crippen molar-refractivity contribution in [1.29, 1.82) is 0 Å². The van der Waals surface area contributed by atoms with Gasteiger partial charge in [-0.25, -0.2) is 9.18 Å². The van der Waals surface area contributed by atoms with Crippen molar-refractivity contribution in [2.45, 2.75) is 13.8 Å². The maximum atomic E-state index is 13.4. The van der Waals surface area contributed by atoms with Gasteiger partial charge in [0, 0.05) is 17.9 Å². The van der Waals surface area contributed by atoms with Crippen LogP contribution in [0.15, 0.2) is 48.5 Å². The smallest absolute Gasteiger partial charge is 0.411 e. The molecular formula is C19H23FN2O3. The molecule has 0 unspecified atom stereocenters. The van der Waals surface area contributed by atoms with Crippen LogP contribution in [0, 0.1) is 11.7 Å². The molecule has 0 saturated heterocycles. The number of ether oxygens (including phenoxy) is 2. The number of nitrogens with one attached hydrogen (secondary N) is 2. The molecule has 0 bridgehead atoms. The van der Waals surface area contributed by atoms with E-state index in [1.165, 1.54) is 6.07 Å². The van der Waals surface area contributed by atoms with Gasteiger partial charge in [-0.15, -0.1) is 0 Å². The highest BCUT2D eigenvalue weighted by Crippen LogP contribution is 2.17. The number of carbonyl (C=O) groups excluding carboxylic acids is 1. The lowest BCUT2D eigenvalue weighted by molar-refractivity contribution is 0.147. The second-order valence-corrected chi connectivity index (χ2v) is 5.90. The molecule has 0 atom stereocenters. The first-order valence-electron chi connectivity index (χ1n) is 8.19. The van der Waals surface area contributed by atoms with Crippen molar-refractivity contribution in [2.75, 3.05) is 30.4 Å². The standard InChI is InChI=1S/C19H23FN2O3/c1-14(2)13-25-19(23)22-16-7-5-6-15(12-16)21-10-11-24-18-9-4-3-8-17(18)20/h3-9,12,14,21H,10-11,13H2,1-2H3,(H,22,23). The fraction of sp³-hybridized carbons (Fsp3) is 0.316. The maximum absolute atomic E-state index is 13.4. The molecule has 2 N–H and O–H groups in total. The molecule has 0 saturated carbocycles. The Balaban J connectivity index is 1.77. The number of benzene rings is 2. The molecule has 0 aromatic heterocycles. The summed E-state index contributed by atoms with van der Waals surface area (Å²) in [7, 11) is 0. The van der Waals surface area contributed by atoms with Crippen LogP contribution in [0.2, 0.25) is 0 Å². The van der Waals surface area contributed by atoms with E-state index in [1.54, 1.807) is 30.3 Å². The van der Waals surface area contributed by atoms with E-state index in [-0.39, 0.29) is 17.5 Å². The van der Waals surface area contributed by atoms with E-state index in [2.05, 4.69) is 10.6 Å². The number of halogens is 1. The Morgan fingerprint density at radius 3 is 2.64 bits per heavy atom. The zero-order chi connectivity index (χ0) is 18.1. The number of anilines is 2. The Kier molecular flexibility index (Phi) is 7.07. The lowest BCUT2D eigenvalue weighted by Gasteiger charge is -2.11. The molecule has 0 spiro atoms. The molecule has 2 rings (SSSR count). The van der Waals surface area contributed by atoms with Gasteiger partial charge in [-0.1, -0.05) is 32.0 Å². The van der Waals surface area contributed by atoms with Crippen molar-refractivity contribution in [3.63, 3.8) is 0 Å². The maximum Gasteiger partial charge on any atom is 0.411 e. The number of hydrogen-bond acceptors (Lipinski definition) is 4. The van der Waals surface area contributed by atoms with Crippen molar-refractivity contribution in [2.24, 2.45) is 5.92 Å². The molecule has 134 valence electrons. The van der Waals surface area contributed by atoms with E-state index < -0.39 is 6.09 Å². The zero-order valence-electron chi connectivity index (χ0n) is 14.4. The molecule has 0 radical (unpaired) electrons. The van der Waals surface area contributed by atoms with E-state index in [9.17, 15) is 9.18 Å². The normalized spacial score (nSPS) is 10.4. The summed E-state index contributed by atoms with van der Waals surface area (Å²) in [5.41, 5.74) is 1.45. The van der Waals surface area contributed by atoms with Crippen LogP contribution in [0.5, 0.6) is 5.75 Å². The second-order valence-electron chi connectivity index (χ2n) is 5.90. The fourth-order valence-electron chi connectivity index (χ4n) is 2.02. The topological polar surface area (TPSA) is 59.6 Å². The summed E-state index contributed by atoms with van der Waals surface area (Å²) in [5.74, 6) is 0.134. The molecule has 0 aliphatic carbocycles. The van der Waals surface area contributed by atoms with Gasteiger partial charge in [0.1, 0.15) is 6.61 Å². The number of carbonyl (C=O) groups is 1. The third kappa shape index (κ3) is 6.71. The number of rotatable bonds is 8. The van der Waals surface area contributed by atoms with Gasteiger partial charge in [-0.05, 0) is 36.2 Å². The summed E-state index contributed by atoms with van der Waals surface area (Å²) >= 11 is 0. The van der Waals surface area contributed by atoms with Crippen LogP contribution < -0.4 is 15.4 Å². The van der Waals surface area contributed by atoms with Gasteiger partial charge in [0.05, 0.1) is 6.61 Å². The summed E-state index contributed by atoms with van der Waals surface area (Å²) < 4.78 is 23.9. The molecule has 5 nitrogen and oxygen atoms in total. The molecule has 0 heterocycles. The first kappa shape index (κ1) is 18.6. The predicted molar refractivity (Wildman–Crippen MR) is 96.6 cm³/mol. The Labute approximate surface area is 147 Å². The van der Waals surface area contributed by atoms with E-state index in [0.717, 1.165) is 5.69 Å². The van der Waals surface area contributed by atoms with E-state index in [4.69, 9.17) is 9.47 Å². The van der Waals surface area contributed by atoms with Crippen molar-refractivity contribution in [1.82, 2.24) is 0 Å². The molecule has 1 amide bonds. The molecule has 2 aromatic carbocycles. The van der Waals surface area contributed by atoms with Crippen LogP contribution in [-0.4, -0.2) is 25.9 Å². The molecule has 0 aliphatic heterocycles. The predicted octanol–water partition coefficient (Wildman–Crippen LogP) is 4.52. The van der Waals surface area contributed by atoms with Crippen molar-refractivity contribution in [3.05, 3.63) is 54.3 Å². The minimum absolute atomic E-state index is 0.229. The fourth-order valence-corrected chi connectivity index (χ4v) is 2.02. The van der Waals surface area contributed by atoms with Crippen LogP contribution in [-0.2, 0) is 4.74 Å². The van der Waals surface area contributed by atoms with Crippen LogP contribution in [0.4, 0.5) is 20.6 Å². The summed E-state index contributed by atoms with van der Waals surface area (Å²) in [5, 5.41) is 5.84. The summed E-state index contributed by atoms with van der Waals surface area (Å²) in [6, 6.07) is 13.5. The van der Waals surface area contributed by atoms with Gasteiger partial charge in [0.25, 0.3) is 0 Å². The summed E-state index contributed by atoms with van der Waals surface area (Å²) in [6.07, 6.45) is -0.478. The second kappa shape index (κ2) is 9.52. The highest BCUT2D eigenvalue weighted by molar-refractivity contribution is 5.85. The average molecular weight is 346 g/mol. The van der Waals surface area contributed by atoms with Gasteiger partial charge < -0.3 is 14.8 Å². The highest BCUT2D eigenvalue weighted by Gasteiger charge is 2.05. The lowest BCUT2D eigenvalue weighted by atomic mass is 10.2. The molecule has 25 heavy (non-hydrogen) atoms. The van der Waals surface area contributed by atoms with Gasteiger partial charge in [0.2, 0.25) is 0 Å². The van der Waals surface area contributed by atoms with Gasteiger partial charge in [-0.2, -0.15) is 0 Å². The first-order valence-corrected chi connectivity index (χ1v) is 8.19. The van der Waals surface area contributed by atoms with Gasteiger partial charge >= 0.3 is 6.09 Å². The SMILES string of the molecule is CC(C)COC(=O)Nc1cccc(NCCOc2ccccc2F)c1.